The van der Waals surface area contributed by atoms with Gasteiger partial charge in [0.2, 0.25) is 0 Å². The second-order valence-electron chi connectivity index (χ2n) is 4.71. The number of hydrogen-bond donors (Lipinski definition) is 1. The molecule has 1 aromatic carbocycles. The quantitative estimate of drug-likeness (QED) is 0.773. The van der Waals surface area contributed by atoms with Gasteiger partial charge in [-0.25, -0.2) is 0 Å². The normalized spacial score (nSPS) is 12.8. The van der Waals surface area contributed by atoms with E-state index >= 15 is 0 Å². The van der Waals surface area contributed by atoms with Crippen molar-refractivity contribution < 1.29 is 5.11 Å². The average molecular weight is 220 g/mol. The van der Waals surface area contributed by atoms with Crippen molar-refractivity contribution in [2.75, 3.05) is 0 Å². The van der Waals surface area contributed by atoms with Gasteiger partial charge in [0.15, 0.2) is 0 Å². The molecule has 90 valence electrons. The van der Waals surface area contributed by atoms with E-state index in [0.29, 0.717) is 0 Å². The summed E-state index contributed by atoms with van der Waals surface area (Å²) < 4.78 is 0. The highest BCUT2D eigenvalue weighted by Gasteiger charge is 2.05. The topological polar surface area (TPSA) is 20.2 Å². The first kappa shape index (κ1) is 13.2. The molecule has 16 heavy (non-hydrogen) atoms. The number of benzene rings is 1. The summed E-state index contributed by atoms with van der Waals surface area (Å²) in [5.74, 6) is 0. The van der Waals surface area contributed by atoms with E-state index < -0.39 is 0 Å². The van der Waals surface area contributed by atoms with Crippen LogP contribution >= 0.6 is 0 Å². The second kappa shape index (κ2) is 6.70. The van der Waals surface area contributed by atoms with Gasteiger partial charge in [0, 0.05) is 0 Å². The zero-order chi connectivity index (χ0) is 12.0. The minimum absolute atomic E-state index is 0.102. The predicted molar refractivity (Wildman–Crippen MR) is 69.8 cm³/mol. The SMILES string of the molecule is CCCC(O)CCCc1c(C)cccc1C. The fraction of sp³-hybridized carbons (Fsp3) is 0.600. The maximum absolute atomic E-state index is 9.67. The summed E-state index contributed by atoms with van der Waals surface area (Å²) in [6.07, 6.45) is 5.03. The maximum atomic E-state index is 9.67. The standard InChI is InChI=1S/C15H24O/c1-4-7-14(16)10-6-11-15-12(2)8-5-9-13(15)3/h5,8-9,14,16H,4,6-7,10-11H2,1-3H3. The van der Waals surface area contributed by atoms with Crippen LogP contribution in [0.4, 0.5) is 0 Å². The Morgan fingerprint density at radius 3 is 2.31 bits per heavy atom. The average Bonchev–Trinajstić information content (AvgIpc) is 2.23. The van der Waals surface area contributed by atoms with Crippen molar-refractivity contribution in [2.24, 2.45) is 0 Å². The Hall–Kier alpha value is -0.820. The Kier molecular flexibility index (Phi) is 5.54. The van der Waals surface area contributed by atoms with E-state index in [2.05, 4.69) is 39.0 Å². The highest BCUT2D eigenvalue weighted by Crippen LogP contribution is 2.17. The number of hydrogen-bond acceptors (Lipinski definition) is 1. The van der Waals surface area contributed by atoms with Crippen molar-refractivity contribution in [3.05, 3.63) is 34.9 Å². The van der Waals surface area contributed by atoms with E-state index in [9.17, 15) is 5.11 Å². The molecule has 0 bridgehead atoms. The molecule has 0 spiro atoms. The molecule has 1 unspecified atom stereocenters. The summed E-state index contributed by atoms with van der Waals surface area (Å²) in [7, 11) is 0. The maximum Gasteiger partial charge on any atom is 0.0540 e. The van der Waals surface area contributed by atoms with Crippen molar-refractivity contribution in [1.29, 1.82) is 0 Å². The van der Waals surface area contributed by atoms with Crippen molar-refractivity contribution >= 4 is 0 Å². The van der Waals surface area contributed by atoms with E-state index in [1.54, 1.807) is 0 Å². The summed E-state index contributed by atoms with van der Waals surface area (Å²) in [5.41, 5.74) is 4.22. The molecule has 0 heterocycles. The fourth-order valence-corrected chi connectivity index (χ4v) is 2.24. The molecule has 1 N–H and O–H groups in total. The van der Waals surface area contributed by atoms with E-state index in [-0.39, 0.29) is 6.10 Å². The van der Waals surface area contributed by atoms with E-state index in [1.807, 2.05) is 0 Å². The molecule has 1 atom stereocenters. The lowest BCUT2D eigenvalue weighted by molar-refractivity contribution is 0.151. The van der Waals surface area contributed by atoms with Crippen LogP contribution in [0.25, 0.3) is 0 Å². The van der Waals surface area contributed by atoms with Gasteiger partial charge in [0.05, 0.1) is 6.10 Å². The molecule has 1 heteroatoms. The number of aryl methyl sites for hydroxylation is 2. The summed E-state index contributed by atoms with van der Waals surface area (Å²) in [4.78, 5) is 0. The molecule has 1 rings (SSSR count). The molecular formula is C15H24O. The van der Waals surface area contributed by atoms with Crippen LogP contribution in [0.2, 0.25) is 0 Å². The Balaban J connectivity index is 2.43. The van der Waals surface area contributed by atoms with Crippen LogP contribution in [0, 0.1) is 13.8 Å². The van der Waals surface area contributed by atoms with Gasteiger partial charge < -0.3 is 5.11 Å². The van der Waals surface area contributed by atoms with Crippen LogP contribution in [-0.4, -0.2) is 11.2 Å². The molecule has 0 saturated heterocycles. The van der Waals surface area contributed by atoms with Crippen LogP contribution in [0.15, 0.2) is 18.2 Å². The van der Waals surface area contributed by atoms with Gasteiger partial charge in [-0.15, -0.1) is 0 Å². The minimum atomic E-state index is -0.102. The molecule has 0 radical (unpaired) electrons. The zero-order valence-electron chi connectivity index (χ0n) is 10.8. The predicted octanol–water partition coefficient (Wildman–Crippen LogP) is 3.79. The lowest BCUT2D eigenvalue weighted by atomic mass is 9.96. The van der Waals surface area contributed by atoms with Gasteiger partial charge in [-0.3, -0.25) is 0 Å². The second-order valence-corrected chi connectivity index (χ2v) is 4.71. The van der Waals surface area contributed by atoms with Crippen LogP contribution < -0.4 is 0 Å². The molecule has 0 amide bonds. The van der Waals surface area contributed by atoms with E-state index in [0.717, 1.165) is 32.1 Å². The van der Waals surface area contributed by atoms with Gasteiger partial charge in [0.25, 0.3) is 0 Å². The lowest BCUT2D eigenvalue weighted by Gasteiger charge is -2.12. The third-order valence-corrected chi connectivity index (χ3v) is 3.23. The molecule has 1 nitrogen and oxygen atoms in total. The van der Waals surface area contributed by atoms with Crippen LogP contribution in [-0.2, 0) is 6.42 Å². The van der Waals surface area contributed by atoms with Crippen LogP contribution in [0.1, 0.15) is 49.3 Å². The number of rotatable bonds is 6. The smallest absolute Gasteiger partial charge is 0.0540 e. The van der Waals surface area contributed by atoms with Crippen molar-refractivity contribution in [3.8, 4) is 0 Å². The zero-order valence-corrected chi connectivity index (χ0v) is 10.8. The first-order valence-corrected chi connectivity index (χ1v) is 6.38. The van der Waals surface area contributed by atoms with Gasteiger partial charge >= 0.3 is 0 Å². The third kappa shape index (κ3) is 3.97. The Bertz CT molecular complexity index is 297. The Morgan fingerprint density at radius 1 is 1.12 bits per heavy atom. The summed E-state index contributed by atoms with van der Waals surface area (Å²) in [6, 6.07) is 6.45. The Morgan fingerprint density at radius 2 is 1.75 bits per heavy atom. The number of aliphatic hydroxyl groups is 1. The summed E-state index contributed by atoms with van der Waals surface area (Å²) in [6.45, 7) is 6.46. The largest absolute Gasteiger partial charge is 0.393 e. The molecule has 0 aliphatic heterocycles. The van der Waals surface area contributed by atoms with E-state index in [4.69, 9.17) is 0 Å². The monoisotopic (exact) mass is 220 g/mol. The molecule has 0 aromatic heterocycles. The Labute approximate surface area is 99.5 Å². The summed E-state index contributed by atoms with van der Waals surface area (Å²) in [5, 5.41) is 9.67. The van der Waals surface area contributed by atoms with Gasteiger partial charge in [0.1, 0.15) is 0 Å². The van der Waals surface area contributed by atoms with Crippen molar-refractivity contribution in [2.45, 2.75) is 59.0 Å². The van der Waals surface area contributed by atoms with E-state index in [1.165, 1.54) is 16.7 Å². The fourth-order valence-electron chi connectivity index (χ4n) is 2.24. The molecule has 0 saturated carbocycles. The number of aliphatic hydroxyl groups excluding tert-OH is 1. The highest BCUT2D eigenvalue weighted by molar-refractivity contribution is 5.33. The molecule has 0 fully saturated rings. The first-order chi connectivity index (χ1) is 7.65. The van der Waals surface area contributed by atoms with Gasteiger partial charge in [-0.2, -0.15) is 0 Å². The molecule has 1 aromatic rings. The highest BCUT2D eigenvalue weighted by atomic mass is 16.3. The van der Waals surface area contributed by atoms with Gasteiger partial charge in [-0.05, 0) is 56.2 Å². The van der Waals surface area contributed by atoms with Gasteiger partial charge in [-0.1, -0.05) is 31.5 Å². The summed E-state index contributed by atoms with van der Waals surface area (Å²) >= 11 is 0. The van der Waals surface area contributed by atoms with Crippen molar-refractivity contribution in [1.82, 2.24) is 0 Å². The minimum Gasteiger partial charge on any atom is -0.393 e. The lowest BCUT2D eigenvalue weighted by Crippen LogP contribution is -2.06. The molecular weight excluding hydrogens is 196 g/mol. The molecule has 0 aliphatic carbocycles. The van der Waals surface area contributed by atoms with Crippen LogP contribution in [0.3, 0.4) is 0 Å². The first-order valence-electron chi connectivity index (χ1n) is 6.38. The molecule has 0 aliphatic rings. The van der Waals surface area contributed by atoms with Crippen molar-refractivity contribution in [3.63, 3.8) is 0 Å². The van der Waals surface area contributed by atoms with Crippen LogP contribution in [0.5, 0.6) is 0 Å². The third-order valence-electron chi connectivity index (χ3n) is 3.23.